The fourth-order valence-corrected chi connectivity index (χ4v) is 0. The van der Waals surface area contributed by atoms with Crippen molar-refractivity contribution in [3.05, 3.63) is 0 Å². The summed E-state index contributed by atoms with van der Waals surface area (Å²) in [7, 11) is -3.11. The van der Waals surface area contributed by atoms with Gasteiger partial charge in [0, 0.05) is 0 Å². The molecule has 0 aliphatic heterocycles. The summed E-state index contributed by atoms with van der Waals surface area (Å²) in [6, 6.07) is 0. The second-order valence-corrected chi connectivity index (χ2v) is 0.612. The van der Waals surface area contributed by atoms with E-state index in [4.69, 9.17) is 12.6 Å². The minimum atomic E-state index is -3.11. The Morgan fingerprint density at radius 3 is 1.20 bits per heavy atom. The second kappa shape index (κ2) is 4.88. The van der Waals surface area contributed by atoms with Crippen LogP contribution in [0.2, 0.25) is 0 Å². The molecule has 0 radical (unpaired) electrons. The fraction of sp³-hybridized carbons (Fsp3) is 0. The first-order valence-electron chi connectivity index (χ1n) is 0.500. The maximum absolute atomic E-state index is 8.44. The van der Waals surface area contributed by atoms with Crippen LogP contribution in [0.4, 0.5) is 0 Å². The van der Waals surface area contributed by atoms with Crippen LogP contribution < -0.4 is 0 Å². The molecule has 0 saturated heterocycles. The van der Waals surface area contributed by atoms with Crippen molar-refractivity contribution in [2.45, 2.75) is 0 Å². The van der Waals surface area contributed by atoms with Crippen LogP contribution >= 0.6 is 0 Å². The number of hydrogen-bond donors (Lipinski definition) is 0. The Hall–Kier alpha value is 0.880. The summed E-state index contributed by atoms with van der Waals surface area (Å²) in [6.45, 7) is 0. The summed E-state index contributed by atoms with van der Waals surface area (Å²) in [5.74, 6) is 0. The van der Waals surface area contributed by atoms with Gasteiger partial charge in [-0.1, -0.05) is 0 Å². The van der Waals surface area contributed by atoms with Crippen molar-refractivity contribution in [3.63, 3.8) is 0 Å². The van der Waals surface area contributed by atoms with Crippen molar-refractivity contribution in [1.29, 1.82) is 0 Å². The van der Waals surface area contributed by atoms with E-state index in [0.717, 1.165) is 0 Å². The average Bonchev–Trinajstić information content (AvgIpc) is 0.811. The third-order valence-corrected chi connectivity index (χ3v) is 0. The van der Waals surface area contributed by atoms with E-state index < -0.39 is 10.6 Å². The fourth-order valence-electron chi connectivity index (χ4n) is 0. The van der Waals surface area contributed by atoms with Crippen LogP contribution in [-0.4, -0.2) is 50.4 Å². The van der Waals surface area contributed by atoms with Crippen LogP contribution in [0.15, 0.2) is 0 Å². The van der Waals surface area contributed by atoms with Crippen molar-refractivity contribution >= 4 is 48.3 Å². The van der Waals surface area contributed by atoms with E-state index in [0.29, 0.717) is 0 Å². The van der Waals surface area contributed by atoms with Gasteiger partial charge in [-0.15, -0.1) is 12.6 Å². The van der Waals surface area contributed by atoms with Crippen LogP contribution in [0, 0.1) is 0 Å². The molecular weight excluding hydrogens is 120 g/mol. The standard InChI is InChI=1S/Ca.O3S.2H/c;1-4(2)3;;/q+2;;2*-1. The van der Waals surface area contributed by atoms with E-state index in [1.807, 2.05) is 0 Å². The van der Waals surface area contributed by atoms with Crippen LogP contribution in [0.5, 0.6) is 0 Å². The van der Waals surface area contributed by atoms with Gasteiger partial charge in [0.05, 0.1) is 0 Å². The number of rotatable bonds is 0. The maximum atomic E-state index is 8.44. The zero-order chi connectivity index (χ0) is 3.58. The second-order valence-electron chi connectivity index (χ2n) is 0.204. The van der Waals surface area contributed by atoms with Crippen LogP contribution in [0.25, 0.3) is 0 Å². The molecule has 0 unspecified atom stereocenters. The summed E-state index contributed by atoms with van der Waals surface area (Å²) >= 11 is 0. The monoisotopic (exact) mass is 122 g/mol. The third kappa shape index (κ3) is 52.3. The first kappa shape index (κ1) is 9.30. The third-order valence-electron chi connectivity index (χ3n) is 0. The van der Waals surface area contributed by atoms with E-state index in [2.05, 4.69) is 0 Å². The summed E-state index contributed by atoms with van der Waals surface area (Å²) in [5, 5.41) is 0. The molecule has 0 bridgehead atoms. The van der Waals surface area contributed by atoms with E-state index in [1.165, 1.54) is 0 Å². The minimum absolute atomic E-state index is 0. The zero-order valence-corrected chi connectivity index (χ0v) is 5.36. The van der Waals surface area contributed by atoms with Crippen molar-refractivity contribution < 1.29 is 15.5 Å². The first-order valence-corrected chi connectivity index (χ1v) is 1.50. The van der Waals surface area contributed by atoms with Crippen molar-refractivity contribution in [2.75, 3.05) is 0 Å². The van der Waals surface area contributed by atoms with Crippen molar-refractivity contribution in [2.24, 2.45) is 0 Å². The van der Waals surface area contributed by atoms with Gasteiger partial charge in [-0.2, -0.15) is 0 Å². The molecule has 28 valence electrons. The molecule has 0 aromatic heterocycles. The Morgan fingerprint density at radius 2 is 1.20 bits per heavy atom. The van der Waals surface area contributed by atoms with Crippen molar-refractivity contribution in [3.8, 4) is 0 Å². The zero-order valence-electron chi connectivity index (χ0n) is 4.34. The molecule has 5 heteroatoms. The Kier molecular flexibility index (Phi) is 9.08. The topological polar surface area (TPSA) is 51.2 Å². The molecule has 0 spiro atoms. The van der Waals surface area contributed by atoms with Gasteiger partial charge in [-0.25, -0.2) is 0 Å². The molecular formula is H2CaO3S. The molecule has 0 rings (SSSR count). The molecule has 0 aliphatic rings. The van der Waals surface area contributed by atoms with Gasteiger partial charge in [0.25, 0.3) is 0 Å². The largest absolute Gasteiger partial charge is 2.00 e. The average molecular weight is 122 g/mol. The Balaban J connectivity index is -0.0000000150. The predicted octanol–water partition coefficient (Wildman–Crippen LogP) is -1.16. The Labute approximate surface area is 63.4 Å². The van der Waals surface area contributed by atoms with Gasteiger partial charge in [0.15, 0.2) is 0 Å². The van der Waals surface area contributed by atoms with Gasteiger partial charge >= 0.3 is 48.3 Å². The normalized spacial score (nSPS) is 4.80. The first-order chi connectivity index (χ1) is 1.73. The van der Waals surface area contributed by atoms with Gasteiger partial charge in [-0.05, 0) is 0 Å². The molecule has 0 fully saturated rings. The van der Waals surface area contributed by atoms with Crippen molar-refractivity contribution in [1.82, 2.24) is 0 Å². The molecule has 0 aliphatic carbocycles. The van der Waals surface area contributed by atoms with E-state index in [-0.39, 0.29) is 40.6 Å². The quantitative estimate of drug-likeness (QED) is 0.381. The molecule has 0 saturated carbocycles. The number of hydrogen-bond acceptors (Lipinski definition) is 3. The van der Waals surface area contributed by atoms with Crippen LogP contribution in [0.1, 0.15) is 2.85 Å². The molecule has 0 heterocycles. The van der Waals surface area contributed by atoms with E-state index in [1.54, 1.807) is 0 Å². The summed E-state index contributed by atoms with van der Waals surface area (Å²) in [5.41, 5.74) is 0. The van der Waals surface area contributed by atoms with Gasteiger partial charge in [-0.3, -0.25) is 0 Å². The van der Waals surface area contributed by atoms with E-state index >= 15 is 0 Å². The van der Waals surface area contributed by atoms with Crippen LogP contribution in [-0.2, 0) is 10.6 Å². The van der Waals surface area contributed by atoms with Gasteiger partial charge in [0.2, 0.25) is 0 Å². The molecule has 0 aromatic rings. The maximum Gasteiger partial charge on any atom is 2.00 e. The molecule has 0 atom stereocenters. The summed E-state index contributed by atoms with van der Waals surface area (Å²) in [4.78, 5) is 0. The Morgan fingerprint density at radius 1 is 1.20 bits per heavy atom. The smallest absolute Gasteiger partial charge is 1.00 e. The minimum Gasteiger partial charge on any atom is -1.00 e. The van der Waals surface area contributed by atoms with Crippen LogP contribution in [0.3, 0.4) is 0 Å². The molecule has 3 nitrogen and oxygen atoms in total. The molecule has 0 N–H and O–H groups in total. The Bertz CT molecular complexity index is 82.3. The SMILES string of the molecule is O=S(=O)=O.[Ca+2].[H-].[H-]. The van der Waals surface area contributed by atoms with Gasteiger partial charge < -0.3 is 2.85 Å². The molecule has 0 amide bonds. The summed E-state index contributed by atoms with van der Waals surface area (Å²) in [6.07, 6.45) is 0. The summed E-state index contributed by atoms with van der Waals surface area (Å²) < 4.78 is 25.3. The predicted molar refractivity (Wildman–Crippen MR) is 17.7 cm³/mol. The molecule has 0 aromatic carbocycles. The van der Waals surface area contributed by atoms with Gasteiger partial charge in [0.1, 0.15) is 0 Å². The van der Waals surface area contributed by atoms with E-state index in [9.17, 15) is 0 Å². The molecule has 5 heavy (non-hydrogen) atoms.